The van der Waals surface area contributed by atoms with E-state index in [4.69, 9.17) is 5.11 Å². The van der Waals surface area contributed by atoms with Crippen LogP contribution in [0.2, 0.25) is 0 Å². The number of rotatable bonds is 3. The smallest absolute Gasteiger partial charge is 0.338 e. The van der Waals surface area contributed by atoms with Gasteiger partial charge >= 0.3 is 5.97 Å². The molecule has 0 radical (unpaired) electrons. The molecule has 6 nitrogen and oxygen atoms in total. The number of hydrogen-bond donors (Lipinski definition) is 2. The molecule has 0 bridgehead atoms. The molecule has 0 amide bonds. The highest BCUT2D eigenvalue weighted by Crippen LogP contribution is 2.20. The van der Waals surface area contributed by atoms with E-state index >= 15 is 0 Å². The summed E-state index contributed by atoms with van der Waals surface area (Å²) in [5, 5.41) is 10.5. The lowest BCUT2D eigenvalue weighted by Crippen LogP contribution is -2.55. The predicted molar refractivity (Wildman–Crippen MR) is 53.7 cm³/mol. The second kappa shape index (κ2) is 5.06. The van der Waals surface area contributed by atoms with Gasteiger partial charge in [-0.2, -0.15) is 0 Å². The lowest BCUT2D eigenvalue weighted by Gasteiger charge is -2.14. The van der Waals surface area contributed by atoms with Crippen molar-refractivity contribution in [3.8, 4) is 0 Å². The number of nitroso groups, excluding NO2 is 1. The van der Waals surface area contributed by atoms with Crippen molar-refractivity contribution in [3.63, 3.8) is 0 Å². The standard InChI is InChI=1S/C9H10N2O3.H2O/c1-11(2)8-4-3-6(10-14)5-7(8)9(12)13;/h3-5H,1-2H3,(H,12,13);1H2. The number of carboxylic acids is 1. The Kier molecular flexibility index (Phi) is 4.40. The Morgan fingerprint density at radius 2 is 2.00 bits per heavy atom. The minimum Gasteiger partial charge on any atom is -0.870 e. The minimum absolute atomic E-state index is 0. The Hall–Kier alpha value is -1.95. The Morgan fingerprint density at radius 3 is 2.40 bits per heavy atom. The summed E-state index contributed by atoms with van der Waals surface area (Å²) in [6.07, 6.45) is 0. The fourth-order valence-electron chi connectivity index (χ4n) is 1.16. The van der Waals surface area contributed by atoms with Crippen LogP contribution in [0.1, 0.15) is 10.4 Å². The number of anilines is 1. The fraction of sp³-hybridized carbons (Fsp3) is 0.222. The zero-order valence-corrected chi connectivity index (χ0v) is 8.39. The van der Waals surface area contributed by atoms with Crippen LogP contribution in [0, 0.1) is 4.91 Å². The summed E-state index contributed by atoms with van der Waals surface area (Å²) >= 11 is 0. The molecule has 0 unspecified atom stereocenters. The molecule has 15 heavy (non-hydrogen) atoms. The van der Waals surface area contributed by atoms with Gasteiger partial charge < -0.3 is 15.5 Å². The van der Waals surface area contributed by atoms with E-state index in [1.54, 1.807) is 30.2 Å². The van der Waals surface area contributed by atoms with Crippen molar-refractivity contribution in [2.75, 3.05) is 19.0 Å². The van der Waals surface area contributed by atoms with Gasteiger partial charge in [-0.15, -0.1) is 0 Å². The molecule has 0 saturated carbocycles. The zero-order chi connectivity index (χ0) is 10.7. The third-order valence-electron chi connectivity index (χ3n) is 1.83. The third-order valence-corrected chi connectivity index (χ3v) is 1.83. The molecule has 0 aromatic heterocycles. The van der Waals surface area contributed by atoms with E-state index in [1.807, 2.05) is 0 Å². The second-order valence-corrected chi connectivity index (χ2v) is 3.03. The van der Waals surface area contributed by atoms with Crippen LogP contribution in [0.5, 0.6) is 0 Å². The first-order valence-corrected chi connectivity index (χ1v) is 3.99. The van der Waals surface area contributed by atoms with Gasteiger partial charge in [0.15, 0.2) is 0 Å². The zero-order valence-electron chi connectivity index (χ0n) is 8.39. The highest BCUT2D eigenvalue weighted by Gasteiger charge is 2.14. The summed E-state index contributed by atoms with van der Waals surface area (Å²) in [5.41, 5.74) is 0.917. The summed E-state index contributed by atoms with van der Waals surface area (Å²) in [7, 11) is 3.48. The average Bonchev–Trinajstić information content (AvgIpc) is 2.16. The van der Waals surface area contributed by atoms with Crippen LogP contribution >= 0.6 is 0 Å². The first-order chi connectivity index (χ1) is 6.56. The molecule has 1 aromatic carbocycles. The molecule has 0 heterocycles. The summed E-state index contributed by atoms with van der Waals surface area (Å²) in [5.74, 6) is -1.05. The van der Waals surface area contributed by atoms with Gasteiger partial charge in [-0.05, 0) is 6.07 Å². The quantitative estimate of drug-likeness (QED) is 0.719. The van der Waals surface area contributed by atoms with Crippen LogP contribution in [0.25, 0.3) is 0 Å². The molecule has 0 saturated heterocycles. The van der Waals surface area contributed by atoms with Crippen molar-refractivity contribution in [2.45, 2.75) is 0 Å². The Morgan fingerprint density at radius 1 is 1.40 bits per heavy atom. The number of carbonyl (C=O) groups is 1. The van der Waals surface area contributed by atoms with Crippen molar-refractivity contribution < 1.29 is 20.6 Å². The Labute approximate surface area is 86.4 Å². The molecular formula is C9H12N2O4. The third kappa shape index (κ3) is 2.75. The van der Waals surface area contributed by atoms with Crippen LogP contribution in [0.15, 0.2) is 18.2 Å². The van der Waals surface area contributed by atoms with Crippen LogP contribution in [0.4, 0.5) is 11.4 Å². The first kappa shape index (κ1) is 13.1. The van der Waals surface area contributed by atoms with Gasteiger partial charge in [0.05, 0.1) is 11.3 Å². The second-order valence-electron chi connectivity index (χ2n) is 3.03. The lowest BCUT2D eigenvalue weighted by atomic mass is 10.1. The number of nitrogens with zero attached hydrogens (tertiary/aromatic N) is 1. The van der Waals surface area contributed by atoms with E-state index in [2.05, 4.69) is 0 Å². The number of benzene rings is 1. The van der Waals surface area contributed by atoms with Crippen LogP contribution in [-0.2, 0) is 0 Å². The maximum atomic E-state index is 10.8. The van der Waals surface area contributed by atoms with Gasteiger partial charge in [0.1, 0.15) is 0 Å². The van der Waals surface area contributed by atoms with Crippen molar-refractivity contribution in [3.05, 3.63) is 28.7 Å². The van der Waals surface area contributed by atoms with Crippen LogP contribution < -0.4 is 10.1 Å². The normalized spacial score (nSPS) is 8.93. The number of aromatic carboxylic acids is 1. The van der Waals surface area contributed by atoms with Gasteiger partial charge in [-0.3, -0.25) is 0 Å². The molecule has 1 rings (SSSR count). The summed E-state index contributed by atoms with van der Waals surface area (Å²) < 4.78 is 0. The number of nitrogens with one attached hydrogen (secondary N) is 1. The van der Waals surface area contributed by atoms with E-state index in [1.165, 1.54) is 12.1 Å². The Balaban J connectivity index is 0.00000196. The number of carboxylic acid groups (broad SMARTS) is 1. The molecule has 0 aliphatic carbocycles. The molecule has 82 valence electrons. The van der Waals surface area contributed by atoms with Gasteiger partial charge in [0.25, 0.3) is 5.69 Å². The van der Waals surface area contributed by atoms with E-state index < -0.39 is 5.97 Å². The maximum absolute atomic E-state index is 10.8. The fourth-order valence-corrected chi connectivity index (χ4v) is 1.16. The highest BCUT2D eigenvalue weighted by atomic mass is 16.4. The Bertz CT molecular complexity index is 376. The van der Waals surface area contributed by atoms with Crippen molar-refractivity contribution in [1.82, 2.24) is 0 Å². The molecule has 3 N–H and O–H groups in total. The van der Waals surface area contributed by atoms with Crippen molar-refractivity contribution in [2.24, 2.45) is 0 Å². The minimum atomic E-state index is -1.05. The summed E-state index contributed by atoms with van der Waals surface area (Å²) in [4.78, 5) is 22.8. The number of hydrogen-bond acceptors (Lipinski definition) is 4. The van der Waals surface area contributed by atoms with E-state index in [-0.39, 0.29) is 16.7 Å². The predicted octanol–water partition coefficient (Wildman–Crippen LogP) is -0.247. The average molecular weight is 212 g/mol. The van der Waals surface area contributed by atoms with Gasteiger partial charge in [0.2, 0.25) is 0 Å². The molecule has 0 aliphatic heterocycles. The topological polar surface area (TPSA) is 102 Å². The van der Waals surface area contributed by atoms with Crippen LogP contribution in [0.3, 0.4) is 0 Å². The molecule has 0 fully saturated rings. The molecule has 0 atom stereocenters. The first-order valence-electron chi connectivity index (χ1n) is 3.99. The summed E-state index contributed by atoms with van der Waals surface area (Å²) in [6.45, 7) is 0. The largest absolute Gasteiger partial charge is 0.870 e. The lowest BCUT2D eigenvalue weighted by molar-refractivity contribution is -0.379. The monoisotopic (exact) mass is 212 g/mol. The van der Waals surface area contributed by atoms with Gasteiger partial charge in [-0.25, -0.2) is 4.79 Å². The molecular weight excluding hydrogens is 200 g/mol. The molecule has 1 aromatic rings. The van der Waals surface area contributed by atoms with Gasteiger partial charge in [-0.1, -0.05) is 0 Å². The van der Waals surface area contributed by atoms with E-state index in [0.717, 1.165) is 0 Å². The molecule has 6 heteroatoms. The van der Waals surface area contributed by atoms with Crippen LogP contribution in [-0.4, -0.2) is 30.6 Å². The molecule has 0 aliphatic rings. The SMILES string of the molecule is CN(C)c1ccc([NH+]=O)cc1C(=O)O.[OH-]. The van der Waals surface area contributed by atoms with Crippen molar-refractivity contribution >= 4 is 17.3 Å². The summed E-state index contributed by atoms with van der Waals surface area (Å²) in [6, 6.07) is 4.43. The molecule has 0 spiro atoms. The van der Waals surface area contributed by atoms with Crippen molar-refractivity contribution in [1.29, 1.82) is 0 Å². The maximum Gasteiger partial charge on any atom is 0.338 e. The highest BCUT2D eigenvalue weighted by molar-refractivity contribution is 5.95. The van der Waals surface area contributed by atoms with Gasteiger partial charge in [0, 0.05) is 36.3 Å². The van der Waals surface area contributed by atoms with E-state index in [0.29, 0.717) is 5.69 Å². The van der Waals surface area contributed by atoms with E-state index in [9.17, 15) is 9.70 Å².